The van der Waals surface area contributed by atoms with Gasteiger partial charge < -0.3 is 15.1 Å². The first-order valence-corrected chi connectivity index (χ1v) is 7.96. The Morgan fingerprint density at radius 2 is 2.33 bits per heavy atom. The molecular weight excluding hydrogens is 302 g/mol. The highest BCUT2D eigenvalue weighted by Crippen LogP contribution is 2.27. The largest absolute Gasteiger partial charge is 0.369 e. The van der Waals surface area contributed by atoms with E-state index in [0.29, 0.717) is 11.3 Å². The Kier molecular flexibility index (Phi) is 5.96. The third-order valence-electron chi connectivity index (χ3n) is 3.85. The van der Waals surface area contributed by atoms with E-state index in [9.17, 15) is 10.1 Å². The van der Waals surface area contributed by atoms with Crippen molar-refractivity contribution in [2.45, 2.75) is 18.9 Å². The molecule has 6 heteroatoms. The molecule has 126 valence electrons. The lowest BCUT2D eigenvalue weighted by Crippen LogP contribution is -2.47. The van der Waals surface area contributed by atoms with E-state index in [2.05, 4.69) is 27.9 Å². The summed E-state index contributed by atoms with van der Waals surface area (Å²) in [6, 6.07) is 8.00. The minimum atomic E-state index is -0.145. The highest BCUT2D eigenvalue weighted by atomic mass is 16.1. The van der Waals surface area contributed by atoms with Gasteiger partial charge >= 0.3 is 0 Å². The number of amides is 1. The van der Waals surface area contributed by atoms with Crippen LogP contribution < -0.4 is 10.2 Å². The maximum Gasteiger partial charge on any atom is 0.243 e. The molecule has 0 bridgehead atoms. The number of rotatable bonds is 5. The van der Waals surface area contributed by atoms with Gasteiger partial charge in [0.05, 0.1) is 17.6 Å². The van der Waals surface area contributed by atoms with Crippen LogP contribution in [0.2, 0.25) is 0 Å². The van der Waals surface area contributed by atoms with E-state index < -0.39 is 0 Å². The van der Waals surface area contributed by atoms with Gasteiger partial charge in [-0.2, -0.15) is 5.26 Å². The zero-order valence-electron chi connectivity index (χ0n) is 14.2. The van der Waals surface area contributed by atoms with E-state index in [4.69, 9.17) is 0 Å². The van der Waals surface area contributed by atoms with Crippen LogP contribution in [0.3, 0.4) is 0 Å². The minimum absolute atomic E-state index is 0.0984. The van der Waals surface area contributed by atoms with Crippen molar-refractivity contribution in [3.63, 3.8) is 0 Å². The maximum atomic E-state index is 11.5. The van der Waals surface area contributed by atoms with Crippen molar-refractivity contribution >= 4 is 23.6 Å². The molecule has 0 saturated carbocycles. The average molecular weight is 325 g/mol. The van der Waals surface area contributed by atoms with Crippen LogP contribution in [-0.2, 0) is 4.79 Å². The predicted molar refractivity (Wildman–Crippen MR) is 96.6 cm³/mol. The molecule has 24 heavy (non-hydrogen) atoms. The predicted octanol–water partition coefficient (Wildman–Crippen LogP) is 2.05. The maximum absolute atomic E-state index is 11.5. The molecule has 0 radical (unpaired) electrons. The lowest BCUT2D eigenvalue weighted by molar-refractivity contribution is -0.117. The van der Waals surface area contributed by atoms with E-state index in [1.807, 2.05) is 37.2 Å². The molecule has 1 aliphatic rings. The van der Waals surface area contributed by atoms with Crippen LogP contribution in [0, 0.1) is 11.3 Å². The first kappa shape index (κ1) is 17.5. The van der Waals surface area contributed by atoms with Crippen molar-refractivity contribution in [1.29, 1.82) is 5.26 Å². The number of anilines is 1. The molecule has 0 aliphatic carbocycles. The molecular formula is C18H23N5O. The van der Waals surface area contributed by atoms with Gasteiger partial charge in [0.15, 0.2) is 0 Å². The van der Waals surface area contributed by atoms with E-state index in [0.717, 1.165) is 31.6 Å². The van der Waals surface area contributed by atoms with E-state index in [1.165, 1.54) is 6.08 Å². The van der Waals surface area contributed by atoms with Crippen molar-refractivity contribution in [3.05, 3.63) is 36.4 Å². The van der Waals surface area contributed by atoms with Gasteiger partial charge in [0.1, 0.15) is 6.07 Å². The highest BCUT2D eigenvalue weighted by Gasteiger charge is 2.21. The number of nitrogens with zero attached hydrogens (tertiary/aromatic N) is 4. The molecule has 6 nitrogen and oxygen atoms in total. The minimum Gasteiger partial charge on any atom is -0.369 e. The Bertz CT molecular complexity index is 674. The third-order valence-corrected chi connectivity index (χ3v) is 3.85. The second-order valence-corrected chi connectivity index (χ2v) is 6.02. The van der Waals surface area contributed by atoms with Gasteiger partial charge in [0, 0.05) is 38.9 Å². The summed E-state index contributed by atoms with van der Waals surface area (Å²) < 4.78 is 0. The fraction of sp³-hybridized carbons (Fsp3) is 0.389. The van der Waals surface area contributed by atoms with Gasteiger partial charge in [-0.15, -0.1) is 0 Å². The number of carbonyl (C=O) groups excluding carboxylic acids is 1. The molecule has 1 saturated heterocycles. The molecule has 1 atom stereocenters. The summed E-state index contributed by atoms with van der Waals surface area (Å²) in [4.78, 5) is 19.8. The van der Waals surface area contributed by atoms with Crippen molar-refractivity contribution < 1.29 is 4.79 Å². The fourth-order valence-electron chi connectivity index (χ4n) is 2.69. The van der Waals surface area contributed by atoms with Gasteiger partial charge in [0.2, 0.25) is 5.91 Å². The number of benzene rings is 1. The van der Waals surface area contributed by atoms with Crippen molar-refractivity contribution in [1.82, 2.24) is 10.2 Å². The Morgan fingerprint density at radius 3 is 3.00 bits per heavy atom. The molecule has 1 aliphatic heterocycles. The van der Waals surface area contributed by atoms with Gasteiger partial charge in [0.25, 0.3) is 0 Å². The van der Waals surface area contributed by atoms with Gasteiger partial charge in [-0.3, -0.25) is 4.79 Å². The number of nitriles is 1. The Labute approximate surface area is 143 Å². The van der Waals surface area contributed by atoms with Crippen LogP contribution in [0.1, 0.15) is 18.4 Å². The molecule has 1 fully saturated rings. The zero-order chi connectivity index (χ0) is 17.5. The molecule has 0 spiro atoms. The van der Waals surface area contributed by atoms with Crippen molar-refractivity contribution in [2.75, 3.05) is 32.1 Å². The lowest BCUT2D eigenvalue weighted by Gasteiger charge is -2.34. The fourth-order valence-corrected chi connectivity index (χ4v) is 2.69. The standard InChI is InChI=1S/C18H23N5O/c1-4-18(24)21-15-6-5-9-23(12-15)16-7-8-17(14(10-16)11-19)20-13-22(2)3/h4,7-8,10,13,15H,1,5-6,9,12H2,2-3H3,(H,21,24)/b20-13+. The van der Waals surface area contributed by atoms with E-state index in [1.54, 1.807) is 6.34 Å². The highest BCUT2D eigenvalue weighted by molar-refractivity contribution is 5.87. The molecule has 1 unspecified atom stereocenters. The molecule has 0 aromatic heterocycles. The van der Waals surface area contributed by atoms with Crippen LogP contribution in [0.5, 0.6) is 0 Å². The van der Waals surface area contributed by atoms with E-state index in [-0.39, 0.29) is 11.9 Å². The third kappa shape index (κ3) is 4.59. The Balaban J connectivity index is 2.15. The summed E-state index contributed by atoms with van der Waals surface area (Å²) in [7, 11) is 3.77. The molecule has 1 aromatic rings. The van der Waals surface area contributed by atoms with Crippen LogP contribution in [0.25, 0.3) is 0 Å². The molecule has 2 rings (SSSR count). The van der Waals surface area contributed by atoms with Crippen LogP contribution in [-0.4, -0.2) is 50.4 Å². The SMILES string of the molecule is C=CC(=O)NC1CCCN(c2ccc(/N=C/N(C)C)c(C#N)c2)C1. The summed E-state index contributed by atoms with van der Waals surface area (Å²) in [5.74, 6) is -0.145. The zero-order valence-corrected chi connectivity index (χ0v) is 14.2. The van der Waals surface area contributed by atoms with E-state index >= 15 is 0 Å². The average Bonchev–Trinajstić information content (AvgIpc) is 2.59. The number of hydrogen-bond donors (Lipinski definition) is 1. The number of nitrogens with one attached hydrogen (secondary N) is 1. The molecule has 1 amide bonds. The number of piperidine rings is 1. The van der Waals surface area contributed by atoms with Gasteiger partial charge in [-0.1, -0.05) is 6.58 Å². The topological polar surface area (TPSA) is 71.7 Å². The Morgan fingerprint density at radius 1 is 1.54 bits per heavy atom. The number of hydrogen-bond acceptors (Lipinski definition) is 4. The number of carbonyl (C=O) groups is 1. The summed E-state index contributed by atoms with van der Waals surface area (Å²) >= 11 is 0. The summed E-state index contributed by atoms with van der Waals surface area (Å²) in [5.41, 5.74) is 2.18. The number of aliphatic imine (C=N–C) groups is 1. The second kappa shape index (κ2) is 8.16. The summed E-state index contributed by atoms with van der Waals surface area (Å²) in [6.45, 7) is 5.12. The first-order valence-electron chi connectivity index (χ1n) is 7.96. The van der Waals surface area contributed by atoms with Crippen molar-refractivity contribution in [2.24, 2.45) is 4.99 Å². The smallest absolute Gasteiger partial charge is 0.243 e. The monoisotopic (exact) mass is 325 g/mol. The van der Waals surface area contributed by atoms with Crippen molar-refractivity contribution in [3.8, 4) is 6.07 Å². The summed E-state index contributed by atoms with van der Waals surface area (Å²) in [5, 5.41) is 12.3. The normalized spacial score (nSPS) is 17.4. The molecule has 1 aromatic carbocycles. The van der Waals surface area contributed by atoms with Gasteiger partial charge in [-0.05, 0) is 37.1 Å². The van der Waals surface area contributed by atoms with Crippen LogP contribution in [0.15, 0.2) is 35.8 Å². The Hall–Kier alpha value is -2.81. The quantitative estimate of drug-likeness (QED) is 0.511. The first-order chi connectivity index (χ1) is 11.5. The summed E-state index contributed by atoms with van der Waals surface area (Å²) in [6.07, 6.45) is 4.92. The molecule has 1 N–H and O–H groups in total. The molecule has 1 heterocycles. The van der Waals surface area contributed by atoms with Crippen LogP contribution in [0.4, 0.5) is 11.4 Å². The van der Waals surface area contributed by atoms with Gasteiger partial charge in [-0.25, -0.2) is 4.99 Å². The van der Waals surface area contributed by atoms with Crippen LogP contribution >= 0.6 is 0 Å². The lowest BCUT2D eigenvalue weighted by atomic mass is 10.0. The second-order valence-electron chi connectivity index (χ2n) is 6.02.